The molecule has 0 aliphatic heterocycles. The fourth-order valence-corrected chi connectivity index (χ4v) is 4.09. The summed E-state index contributed by atoms with van der Waals surface area (Å²) in [6, 6.07) is 13.1. The highest BCUT2D eigenvalue weighted by atomic mass is 32.2. The van der Waals surface area contributed by atoms with Crippen LogP contribution in [0.4, 0.5) is 5.69 Å². The van der Waals surface area contributed by atoms with Gasteiger partial charge in [-0.1, -0.05) is 12.1 Å². The molecule has 0 saturated carbocycles. The summed E-state index contributed by atoms with van der Waals surface area (Å²) in [7, 11) is -2.14. The molecule has 9 heteroatoms. The predicted octanol–water partition coefficient (Wildman–Crippen LogP) is 2.99. The van der Waals surface area contributed by atoms with Gasteiger partial charge in [-0.15, -0.1) is 11.3 Å². The molecule has 3 aromatic rings. The van der Waals surface area contributed by atoms with Crippen LogP contribution in [0.25, 0.3) is 10.6 Å². The number of nitrogens with zero attached hydrogens (tertiary/aromatic N) is 1. The van der Waals surface area contributed by atoms with E-state index in [-0.39, 0.29) is 24.0 Å². The highest BCUT2D eigenvalue weighted by Crippen LogP contribution is 2.24. The standard InChI is InChI=1S/C19H19N3O4S2/c1-26-11-9-21-28(24,25)17-7-5-14(6-8-17)18(23)22-16-4-2-3-15(13-16)19-20-10-12-27-19/h2-8,10,12-13,21H,9,11H2,1H3,(H,22,23). The van der Waals surface area contributed by atoms with E-state index in [4.69, 9.17) is 4.74 Å². The Balaban J connectivity index is 1.69. The molecule has 0 saturated heterocycles. The van der Waals surface area contributed by atoms with Gasteiger partial charge in [-0.05, 0) is 36.4 Å². The van der Waals surface area contributed by atoms with E-state index in [1.807, 2.05) is 23.6 Å². The lowest BCUT2D eigenvalue weighted by Gasteiger charge is -2.09. The molecule has 7 nitrogen and oxygen atoms in total. The summed E-state index contributed by atoms with van der Waals surface area (Å²) in [4.78, 5) is 16.8. The lowest BCUT2D eigenvalue weighted by atomic mass is 10.2. The van der Waals surface area contributed by atoms with E-state index >= 15 is 0 Å². The molecule has 1 heterocycles. The van der Waals surface area contributed by atoms with Crippen molar-refractivity contribution >= 4 is 33.0 Å². The SMILES string of the molecule is COCCNS(=O)(=O)c1ccc(C(=O)Nc2cccc(-c3nccs3)c2)cc1. The number of methoxy groups -OCH3 is 1. The van der Waals surface area contributed by atoms with Crippen molar-refractivity contribution in [2.45, 2.75) is 4.90 Å². The first-order chi connectivity index (χ1) is 13.5. The monoisotopic (exact) mass is 417 g/mol. The number of carbonyl (C=O) groups is 1. The minimum Gasteiger partial charge on any atom is -0.383 e. The van der Waals surface area contributed by atoms with Gasteiger partial charge in [-0.3, -0.25) is 4.79 Å². The summed E-state index contributed by atoms with van der Waals surface area (Å²) >= 11 is 1.52. The third kappa shape index (κ3) is 5.02. The van der Waals surface area contributed by atoms with Crippen LogP contribution in [0.1, 0.15) is 10.4 Å². The number of amides is 1. The summed E-state index contributed by atoms with van der Waals surface area (Å²) in [6.07, 6.45) is 1.73. The molecule has 0 aliphatic carbocycles. The molecule has 28 heavy (non-hydrogen) atoms. The maximum absolute atomic E-state index is 12.5. The van der Waals surface area contributed by atoms with Crippen LogP contribution in [-0.2, 0) is 14.8 Å². The van der Waals surface area contributed by atoms with E-state index in [9.17, 15) is 13.2 Å². The van der Waals surface area contributed by atoms with Crippen LogP contribution in [0.2, 0.25) is 0 Å². The number of anilines is 1. The Morgan fingerprint density at radius 2 is 1.96 bits per heavy atom. The first-order valence-electron chi connectivity index (χ1n) is 8.39. The van der Waals surface area contributed by atoms with E-state index in [1.54, 1.807) is 12.3 Å². The van der Waals surface area contributed by atoms with Crippen LogP contribution in [0.3, 0.4) is 0 Å². The second kappa shape index (κ2) is 9.07. The molecule has 0 atom stereocenters. The quantitative estimate of drug-likeness (QED) is 0.549. The number of rotatable bonds is 8. The molecule has 0 unspecified atom stereocenters. The van der Waals surface area contributed by atoms with Gasteiger partial charge in [0.15, 0.2) is 0 Å². The first kappa shape index (κ1) is 20.2. The average Bonchev–Trinajstić information content (AvgIpc) is 3.23. The second-order valence-corrected chi connectivity index (χ2v) is 8.45. The van der Waals surface area contributed by atoms with Gasteiger partial charge >= 0.3 is 0 Å². The van der Waals surface area contributed by atoms with Crippen LogP contribution in [-0.4, -0.2) is 39.6 Å². The number of sulfonamides is 1. The molecule has 3 rings (SSSR count). The average molecular weight is 418 g/mol. The molecule has 0 bridgehead atoms. The van der Waals surface area contributed by atoms with Gasteiger partial charge in [0.2, 0.25) is 10.0 Å². The Morgan fingerprint density at radius 1 is 1.18 bits per heavy atom. The highest BCUT2D eigenvalue weighted by Gasteiger charge is 2.14. The number of carbonyl (C=O) groups excluding carboxylic acids is 1. The van der Waals surface area contributed by atoms with Gasteiger partial charge in [0.05, 0.1) is 11.5 Å². The van der Waals surface area contributed by atoms with E-state index in [0.29, 0.717) is 11.3 Å². The Hall–Kier alpha value is -2.59. The molecule has 1 amide bonds. The van der Waals surface area contributed by atoms with Crippen LogP contribution >= 0.6 is 11.3 Å². The topological polar surface area (TPSA) is 97.4 Å². The van der Waals surface area contributed by atoms with Crippen molar-refractivity contribution in [2.75, 3.05) is 25.6 Å². The summed E-state index contributed by atoms with van der Waals surface area (Å²) in [5.74, 6) is -0.326. The van der Waals surface area contributed by atoms with Crippen molar-refractivity contribution in [3.8, 4) is 10.6 Å². The molecule has 0 fully saturated rings. The van der Waals surface area contributed by atoms with Crippen molar-refractivity contribution in [3.63, 3.8) is 0 Å². The summed E-state index contributed by atoms with van der Waals surface area (Å²) in [5, 5.41) is 5.57. The van der Waals surface area contributed by atoms with Crippen molar-refractivity contribution in [1.29, 1.82) is 0 Å². The van der Waals surface area contributed by atoms with E-state index in [1.165, 1.54) is 42.7 Å². The Kier molecular flexibility index (Phi) is 6.53. The van der Waals surface area contributed by atoms with E-state index < -0.39 is 10.0 Å². The molecule has 146 valence electrons. The first-order valence-corrected chi connectivity index (χ1v) is 10.8. The lowest BCUT2D eigenvalue weighted by Crippen LogP contribution is -2.27. The van der Waals surface area contributed by atoms with Crippen LogP contribution in [0, 0.1) is 0 Å². The van der Waals surface area contributed by atoms with E-state index in [0.717, 1.165) is 10.6 Å². The van der Waals surface area contributed by atoms with Crippen LogP contribution in [0.5, 0.6) is 0 Å². The van der Waals surface area contributed by atoms with Crippen molar-refractivity contribution in [3.05, 3.63) is 65.7 Å². The zero-order valence-electron chi connectivity index (χ0n) is 15.1. The Bertz CT molecular complexity index is 1030. The largest absolute Gasteiger partial charge is 0.383 e. The number of thiazole rings is 1. The van der Waals surface area contributed by atoms with Gasteiger partial charge in [-0.2, -0.15) is 0 Å². The fraction of sp³-hybridized carbons (Fsp3) is 0.158. The molecule has 1 aromatic heterocycles. The van der Waals surface area contributed by atoms with Crippen molar-refractivity contribution < 1.29 is 17.9 Å². The van der Waals surface area contributed by atoms with Gasteiger partial charge in [-0.25, -0.2) is 18.1 Å². The van der Waals surface area contributed by atoms with Gasteiger partial charge in [0, 0.05) is 42.0 Å². The van der Waals surface area contributed by atoms with Crippen LogP contribution in [0.15, 0.2) is 65.0 Å². The molecule has 0 aliphatic rings. The number of benzene rings is 2. The second-order valence-electron chi connectivity index (χ2n) is 5.79. The third-order valence-corrected chi connectivity index (χ3v) is 6.12. The third-order valence-electron chi connectivity index (χ3n) is 3.82. The zero-order chi connectivity index (χ0) is 20.0. The summed E-state index contributed by atoms with van der Waals surface area (Å²) in [6.45, 7) is 0.455. The van der Waals surface area contributed by atoms with Crippen LogP contribution < -0.4 is 10.0 Å². The number of hydrogen-bond donors (Lipinski definition) is 2. The molecule has 2 N–H and O–H groups in total. The van der Waals surface area contributed by atoms with Crippen molar-refractivity contribution in [2.24, 2.45) is 0 Å². The number of ether oxygens (including phenoxy) is 1. The summed E-state index contributed by atoms with van der Waals surface area (Å²) in [5.41, 5.74) is 1.91. The maximum Gasteiger partial charge on any atom is 0.255 e. The Labute approximate surface area is 167 Å². The zero-order valence-corrected chi connectivity index (χ0v) is 16.7. The fourth-order valence-electron chi connectivity index (χ4n) is 2.45. The number of hydrogen-bond acceptors (Lipinski definition) is 6. The lowest BCUT2D eigenvalue weighted by molar-refractivity contribution is 0.102. The smallest absolute Gasteiger partial charge is 0.255 e. The van der Waals surface area contributed by atoms with Gasteiger partial charge in [0.25, 0.3) is 5.91 Å². The number of aromatic nitrogens is 1. The summed E-state index contributed by atoms with van der Waals surface area (Å²) < 4.78 is 31.6. The van der Waals surface area contributed by atoms with Crippen molar-refractivity contribution in [1.82, 2.24) is 9.71 Å². The molecule has 2 aromatic carbocycles. The maximum atomic E-state index is 12.5. The van der Waals surface area contributed by atoms with E-state index in [2.05, 4.69) is 15.0 Å². The highest BCUT2D eigenvalue weighted by molar-refractivity contribution is 7.89. The molecular formula is C19H19N3O4S2. The molecule has 0 spiro atoms. The number of nitrogens with one attached hydrogen (secondary N) is 2. The Morgan fingerprint density at radius 3 is 2.64 bits per heavy atom. The van der Waals surface area contributed by atoms with Gasteiger partial charge < -0.3 is 10.1 Å². The normalized spacial score (nSPS) is 11.3. The molecular weight excluding hydrogens is 398 g/mol. The predicted molar refractivity (Wildman–Crippen MR) is 109 cm³/mol. The van der Waals surface area contributed by atoms with Gasteiger partial charge in [0.1, 0.15) is 5.01 Å². The molecule has 0 radical (unpaired) electrons. The minimum atomic E-state index is -3.63. The minimum absolute atomic E-state index is 0.0888.